The number of aromatic amines is 2. The van der Waals surface area contributed by atoms with E-state index in [1.54, 1.807) is 0 Å². The minimum absolute atomic E-state index is 0.00859. The highest BCUT2D eigenvalue weighted by Crippen LogP contribution is 2.46. The van der Waals surface area contributed by atoms with E-state index in [9.17, 15) is 9.59 Å². The number of rotatable bonds is 5. The van der Waals surface area contributed by atoms with Crippen LogP contribution in [0.4, 0.5) is 0 Å². The Morgan fingerprint density at radius 1 is 1.07 bits per heavy atom. The number of ketones is 1. The summed E-state index contributed by atoms with van der Waals surface area (Å²) >= 11 is 0. The van der Waals surface area contributed by atoms with E-state index in [0.29, 0.717) is 24.8 Å². The summed E-state index contributed by atoms with van der Waals surface area (Å²) in [5, 5.41) is 0. The monoisotopic (exact) mass is 548 g/mol. The minimum atomic E-state index is -0.240. The van der Waals surface area contributed by atoms with Crippen LogP contribution in [0.2, 0.25) is 0 Å². The fourth-order valence-electron chi connectivity index (χ4n) is 6.82. The number of esters is 1. The Kier molecular flexibility index (Phi) is 6.56. The Hall–Kier alpha value is -4.26. The molecule has 0 radical (unpaired) electrons. The zero-order valence-electron chi connectivity index (χ0n) is 24.6. The van der Waals surface area contributed by atoms with Crippen LogP contribution in [-0.2, 0) is 27.2 Å². The Labute approximate surface area is 240 Å². The van der Waals surface area contributed by atoms with Crippen molar-refractivity contribution in [2.45, 2.75) is 72.1 Å². The maximum absolute atomic E-state index is 13.4. The van der Waals surface area contributed by atoms with Gasteiger partial charge in [0.1, 0.15) is 0 Å². The summed E-state index contributed by atoms with van der Waals surface area (Å²) in [4.78, 5) is 43.0. The summed E-state index contributed by atoms with van der Waals surface area (Å²) in [5.41, 5.74) is 14.3. The second kappa shape index (κ2) is 9.98. The third-order valence-corrected chi connectivity index (χ3v) is 9.25. The van der Waals surface area contributed by atoms with Gasteiger partial charge in [0.25, 0.3) is 0 Å². The number of H-pyrrole nitrogens is 2. The highest BCUT2D eigenvalue weighted by atomic mass is 16.5. The minimum Gasteiger partial charge on any atom is -0.469 e. The number of nitrogens with zero attached hydrogens (tertiary/aromatic N) is 2. The van der Waals surface area contributed by atoms with Crippen molar-refractivity contribution < 1.29 is 14.3 Å². The maximum atomic E-state index is 13.4. The van der Waals surface area contributed by atoms with Crippen molar-refractivity contribution in [3.8, 4) is 0 Å². The molecule has 210 valence electrons. The molecule has 0 fully saturated rings. The Bertz CT molecular complexity index is 1800. The number of aryl methyl sites for hydroxylation is 2. The molecule has 1 aliphatic carbocycles. The third-order valence-electron chi connectivity index (χ3n) is 9.25. The van der Waals surface area contributed by atoms with Crippen molar-refractivity contribution in [3.05, 3.63) is 81.7 Å². The van der Waals surface area contributed by atoms with E-state index in [-0.39, 0.29) is 23.6 Å². The summed E-state index contributed by atoms with van der Waals surface area (Å²) in [7, 11) is 1.42. The molecule has 3 aliphatic heterocycles. The van der Waals surface area contributed by atoms with E-state index in [4.69, 9.17) is 14.7 Å². The van der Waals surface area contributed by atoms with Gasteiger partial charge in [0.2, 0.25) is 0 Å². The first-order valence-corrected chi connectivity index (χ1v) is 14.4. The predicted octanol–water partition coefficient (Wildman–Crippen LogP) is 6.92. The van der Waals surface area contributed by atoms with Crippen molar-refractivity contribution in [2.24, 2.45) is 0 Å². The topological polar surface area (TPSA) is 101 Å². The molecule has 0 amide bonds. The van der Waals surface area contributed by atoms with Crippen LogP contribution >= 0.6 is 0 Å². The number of Topliss-reactive ketones (excluding diaryl/α,β-unsaturated/α-hetero) is 1. The number of allylic oxidation sites excluding steroid dienone is 5. The van der Waals surface area contributed by atoms with Crippen LogP contribution < -0.4 is 0 Å². The molecule has 2 N–H and O–H groups in total. The van der Waals surface area contributed by atoms with Gasteiger partial charge in [-0.1, -0.05) is 26.5 Å². The quantitative estimate of drug-likeness (QED) is 0.395. The maximum Gasteiger partial charge on any atom is 0.305 e. The van der Waals surface area contributed by atoms with Crippen LogP contribution in [0.1, 0.15) is 103 Å². The van der Waals surface area contributed by atoms with Crippen molar-refractivity contribution in [1.82, 2.24) is 19.9 Å². The zero-order valence-corrected chi connectivity index (χ0v) is 24.6. The molecule has 0 aromatic carbocycles. The van der Waals surface area contributed by atoms with Crippen LogP contribution in [0.25, 0.3) is 33.3 Å². The summed E-state index contributed by atoms with van der Waals surface area (Å²) in [6, 6.07) is 6.29. The average molecular weight is 549 g/mol. The third kappa shape index (κ3) is 4.17. The van der Waals surface area contributed by atoms with Gasteiger partial charge < -0.3 is 14.7 Å². The highest BCUT2D eigenvalue weighted by molar-refractivity contribution is 6.32. The molecule has 6 rings (SSSR count). The first-order chi connectivity index (χ1) is 19.7. The summed E-state index contributed by atoms with van der Waals surface area (Å²) < 4.78 is 4.96. The van der Waals surface area contributed by atoms with Crippen LogP contribution in [0, 0.1) is 6.92 Å². The van der Waals surface area contributed by atoms with E-state index in [1.807, 2.05) is 13.0 Å². The van der Waals surface area contributed by atoms with Crippen LogP contribution in [0.3, 0.4) is 0 Å². The summed E-state index contributed by atoms with van der Waals surface area (Å²) in [6.07, 6.45) is 3.94. The van der Waals surface area contributed by atoms with Gasteiger partial charge in [-0.05, 0) is 74.1 Å². The molecule has 1 unspecified atom stereocenters. The van der Waals surface area contributed by atoms with Gasteiger partial charge in [-0.15, -0.1) is 0 Å². The van der Waals surface area contributed by atoms with E-state index in [1.165, 1.54) is 18.2 Å². The van der Waals surface area contributed by atoms with Crippen LogP contribution in [0.5, 0.6) is 0 Å². The standard InChI is InChI=1S/C34H36N4O3/c1-8-20-16(3)24-13-26-18(5)22(10-11-31(40)41-7)33(37-26)23-12-30(39)32-19(6)27(38-34(23)32)15-29-21(9-2)17(4)25(36-29)14-28(20)35-24/h8,13-15,18,22,36-37H,1,9-12H2,2-7H3/t18-,22?/m0/s1. The predicted molar refractivity (Wildman–Crippen MR) is 163 cm³/mol. The van der Waals surface area contributed by atoms with Gasteiger partial charge in [0.15, 0.2) is 5.78 Å². The van der Waals surface area contributed by atoms with Crippen molar-refractivity contribution >= 4 is 45.1 Å². The number of carbonyl (C=O) groups excluding carboxylic acids is 2. The number of nitrogens with one attached hydrogen (secondary N) is 2. The molecule has 2 atom stereocenters. The number of carbonyl (C=O) groups is 2. The first kappa shape index (κ1) is 26.9. The van der Waals surface area contributed by atoms with Crippen molar-refractivity contribution in [2.75, 3.05) is 7.11 Å². The number of aromatic nitrogens is 4. The van der Waals surface area contributed by atoms with E-state index < -0.39 is 0 Å². The molecule has 2 aromatic rings. The molecule has 2 aromatic heterocycles. The zero-order chi connectivity index (χ0) is 29.2. The Morgan fingerprint density at radius 3 is 2.51 bits per heavy atom. The molecular weight excluding hydrogens is 512 g/mol. The molecule has 7 nitrogen and oxygen atoms in total. The Morgan fingerprint density at radius 2 is 1.80 bits per heavy atom. The first-order valence-electron chi connectivity index (χ1n) is 14.4. The molecule has 7 heteroatoms. The second-order valence-corrected chi connectivity index (χ2v) is 11.4. The summed E-state index contributed by atoms with van der Waals surface area (Å²) in [5.74, 6) is -0.0618. The van der Waals surface area contributed by atoms with Crippen molar-refractivity contribution in [1.29, 1.82) is 0 Å². The Balaban J connectivity index is 1.73. The van der Waals surface area contributed by atoms with Gasteiger partial charge in [-0.25, -0.2) is 9.97 Å². The fraction of sp³-hybridized carbons (Fsp3) is 0.353. The largest absolute Gasteiger partial charge is 0.469 e. The molecule has 0 spiro atoms. The van der Waals surface area contributed by atoms with Gasteiger partial charge in [0, 0.05) is 63.8 Å². The van der Waals surface area contributed by atoms with Gasteiger partial charge in [0.05, 0.1) is 29.9 Å². The molecule has 0 saturated heterocycles. The van der Waals surface area contributed by atoms with E-state index >= 15 is 0 Å². The lowest BCUT2D eigenvalue weighted by Crippen LogP contribution is -2.09. The normalized spacial score (nSPS) is 18.7. The molecule has 5 heterocycles. The lowest BCUT2D eigenvalue weighted by atomic mass is 9.85. The smallest absolute Gasteiger partial charge is 0.305 e. The number of methoxy groups -OCH3 is 1. The van der Waals surface area contributed by atoms with Crippen molar-refractivity contribution in [3.63, 3.8) is 0 Å². The SMILES string of the molecule is C=CC1=C(C)c2cc3[nH]c(c4c5nc(cc6[nH]c(cc1n2)c(C)c6CC)C(C)=C5C(=O)C4)C(CCC(=O)OC)[C@@H]3C. The average Bonchev–Trinajstić information content (AvgIpc) is 3.70. The van der Waals surface area contributed by atoms with E-state index in [0.717, 1.165) is 73.9 Å². The molecular formula is C34H36N4O3. The molecule has 4 aliphatic rings. The van der Waals surface area contributed by atoms with Gasteiger partial charge in [-0.3, -0.25) is 9.59 Å². The van der Waals surface area contributed by atoms with Crippen LogP contribution in [-0.4, -0.2) is 38.8 Å². The number of ether oxygens (including phenoxy) is 1. The van der Waals surface area contributed by atoms with E-state index in [2.05, 4.69) is 62.4 Å². The highest BCUT2D eigenvalue weighted by Gasteiger charge is 2.38. The summed E-state index contributed by atoms with van der Waals surface area (Å²) in [6.45, 7) is 14.6. The number of hydrogen-bond donors (Lipinski definition) is 2. The fourth-order valence-corrected chi connectivity index (χ4v) is 6.82. The number of fused-ring (bicyclic) bond motifs is 8. The lowest BCUT2D eigenvalue weighted by Gasteiger charge is -2.17. The van der Waals surface area contributed by atoms with Gasteiger partial charge >= 0.3 is 5.97 Å². The lowest BCUT2D eigenvalue weighted by molar-refractivity contribution is -0.140. The number of hydrogen-bond acceptors (Lipinski definition) is 5. The van der Waals surface area contributed by atoms with Crippen LogP contribution in [0.15, 0.2) is 30.9 Å². The molecule has 8 bridgehead atoms. The van der Waals surface area contributed by atoms with Gasteiger partial charge in [-0.2, -0.15) is 0 Å². The second-order valence-electron chi connectivity index (χ2n) is 11.4. The molecule has 0 saturated carbocycles. The molecule has 41 heavy (non-hydrogen) atoms.